The molecule has 1 aromatic carbocycles. The SMILES string of the molecule is CO/N=[N+](\[O-])C(Cc1ccccc1F)/[N+]([O-])=N\OC. The van der Waals surface area contributed by atoms with Gasteiger partial charge in [-0.1, -0.05) is 18.2 Å². The molecule has 0 amide bonds. The largest absolute Gasteiger partial charge is 0.592 e. The first kappa shape index (κ1) is 14.6. The quantitative estimate of drug-likeness (QED) is 0.341. The van der Waals surface area contributed by atoms with E-state index in [1.807, 2.05) is 0 Å². The molecule has 104 valence electrons. The van der Waals surface area contributed by atoms with Gasteiger partial charge in [0.15, 0.2) is 0 Å². The number of benzene rings is 1. The molecule has 0 aliphatic rings. The summed E-state index contributed by atoms with van der Waals surface area (Å²) in [5.74, 6) is -0.538. The summed E-state index contributed by atoms with van der Waals surface area (Å²) in [5.41, 5.74) is 0.173. The Morgan fingerprint density at radius 2 is 1.68 bits per heavy atom. The van der Waals surface area contributed by atoms with Crippen LogP contribution in [0.1, 0.15) is 5.56 Å². The Morgan fingerprint density at radius 3 is 2.16 bits per heavy atom. The fourth-order valence-corrected chi connectivity index (χ4v) is 1.37. The van der Waals surface area contributed by atoms with E-state index in [2.05, 4.69) is 20.2 Å². The standard InChI is InChI=1S/C10H13FN4O4/c1-18-12-14(16)10(15(17)13-19-2)7-8-5-3-4-6-9(8)11/h3-6,10H,7H2,1-2H3/b14-12-,15-13+. The second-order valence-corrected chi connectivity index (χ2v) is 3.41. The van der Waals surface area contributed by atoms with Gasteiger partial charge in [-0.05, 0) is 6.07 Å². The van der Waals surface area contributed by atoms with E-state index in [1.165, 1.54) is 18.2 Å². The average molecular weight is 272 g/mol. The second-order valence-electron chi connectivity index (χ2n) is 3.41. The van der Waals surface area contributed by atoms with Crippen molar-refractivity contribution in [2.75, 3.05) is 14.2 Å². The minimum atomic E-state index is -1.43. The summed E-state index contributed by atoms with van der Waals surface area (Å²) in [6.07, 6.45) is -1.67. The van der Waals surface area contributed by atoms with Gasteiger partial charge in [-0.3, -0.25) is 0 Å². The summed E-state index contributed by atoms with van der Waals surface area (Å²) >= 11 is 0. The van der Waals surface area contributed by atoms with Crippen LogP contribution in [0.3, 0.4) is 0 Å². The van der Waals surface area contributed by atoms with E-state index in [0.29, 0.717) is 0 Å². The van der Waals surface area contributed by atoms with Crippen molar-refractivity contribution in [2.45, 2.75) is 12.6 Å². The molecule has 1 unspecified atom stereocenters. The minimum Gasteiger partial charge on any atom is -0.592 e. The van der Waals surface area contributed by atoms with Gasteiger partial charge in [-0.25, -0.2) is 4.39 Å². The van der Waals surface area contributed by atoms with E-state index in [4.69, 9.17) is 0 Å². The lowest BCUT2D eigenvalue weighted by Gasteiger charge is -2.10. The molecular formula is C10H13FN4O4. The smallest absolute Gasteiger partial charge is 0.420 e. The first-order valence-corrected chi connectivity index (χ1v) is 5.24. The third-order valence-corrected chi connectivity index (χ3v) is 2.19. The molecule has 0 spiro atoms. The van der Waals surface area contributed by atoms with E-state index in [1.54, 1.807) is 6.07 Å². The van der Waals surface area contributed by atoms with E-state index < -0.39 is 12.0 Å². The molecule has 9 heteroatoms. The van der Waals surface area contributed by atoms with Crippen LogP contribution in [0.2, 0.25) is 0 Å². The van der Waals surface area contributed by atoms with Crippen LogP contribution in [-0.2, 0) is 16.1 Å². The molecule has 1 atom stereocenters. The van der Waals surface area contributed by atoms with Crippen molar-refractivity contribution < 1.29 is 23.8 Å². The maximum absolute atomic E-state index is 13.5. The highest BCUT2D eigenvalue weighted by atomic mass is 19.1. The molecule has 0 heterocycles. The third-order valence-electron chi connectivity index (χ3n) is 2.19. The fraction of sp³-hybridized carbons (Fsp3) is 0.400. The van der Waals surface area contributed by atoms with Crippen LogP contribution in [0.4, 0.5) is 4.39 Å². The zero-order chi connectivity index (χ0) is 14.3. The highest BCUT2D eigenvalue weighted by Crippen LogP contribution is 2.12. The van der Waals surface area contributed by atoms with E-state index in [-0.39, 0.29) is 21.7 Å². The topological polar surface area (TPSA) is 95.3 Å². The van der Waals surface area contributed by atoms with Crippen molar-refractivity contribution in [1.82, 2.24) is 0 Å². The fourth-order valence-electron chi connectivity index (χ4n) is 1.37. The lowest BCUT2D eigenvalue weighted by molar-refractivity contribution is -0.796. The minimum absolute atomic E-state index is 0.0119. The van der Waals surface area contributed by atoms with Crippen molar-refractivity contribution in [3.63, 3.8) is 0 Å². The molecule has 0 aliphatic carbocycles. The van der Waals surface area contributed by atoms with E-state index in [9.17, 15) is 14.8 Å². The Morgan fingerprint density at radius 1 is 1.16 bits per heavy atom. The van der Waals surface area contributed by atoms with Crippen LogP contribution < -0.4 is 0 Å². The number of nitrogens with zero attached hydrogens (tertiary/aromatic N) is 4. The highest BCUT2D eigenvalue weighted by Gasteiger charge is 2.31. The molecule has 0 saturated carbocycles. The molecule has 1 rings (SSSR count). The Kier molecular flexibility index (Phi) is 5.45. The van der Waals surface area contributed by atoms with Crippen molar-refractivity contribution in [1.29, 1.82) is 0 Å². The predicted octanol–water partition coefficient (Wildman–Crippen LogP) is 1.74. The second kappa shape index (κ2) is 7.09. The highest BCUT2D eigenvalue weighted by molar-refractivity contribution is 5.17. The van der Waals surface area contributed by atoms with E-state index >= 15 is 0 Å². The molecule has 0 aliphatic heterocycles. The number of hydrogen-bond donors (Lipinski definition) is 0. The van der Waals surface area contributed by atoms with Crippen LogP contribution >= 0.6 is 0 Å². The van der Waals surface area contributed by atoms with Gasteiger partial charge < -0.3 is 20.1 Å². The molecular weight excluding hydrogens is 259 g/mol. The molecule has 1 aromatic rings. The summed E-state index contributed by atoms with van der Waals surface area (Å²) in [6.45, 7) is 0. The van der Waals surface area contributed by atoms with Crippen LogP contribution in [0.25, 0.3) is 0 Å². The maximum atomic E-state index is 13.5. The van der Waals surface area contributed by atoms with Crippen molar-refractivity contribution in [3.05, 3.63) is 46.1 Å². The Labute approximate surface area is 108 Å². The lowest BCUT2D eigenvalue weighted by Crippen LogP contribution is -2.32. The zero-order valence-electron chi connectivity index (χ0n) is 10.4. The molecule has 0 N–H and O–H groups in total. The first-order valence-electron chi connectivity index (χ1n) is 5.24. The third kappa shape index (κ3) is 4.05. The van der Waals surface area contributed by atoms with Crippen LogP contribution in [-0.4, -0.2) is 30.1 Å². The molecule has 0 bridgehead atoms. The number of halogens is 1. The molecule has 8 nitrogen and oxygen atoms in total. The molecule has 0 fully saturated rings. The number of hydroxylamine groups is 2. The summed E-state index contributed by atoms with van der Waals surface area (Å²) < 4.78 is 13.5. The first-order chi connectivity index (χ1) is 9.10. The Balaban J connectivity index is 3.02. The molecule has 0 aromatic heterocycles. The van der Waals surface area contributed by atoms with Crippen molar-refractivity contribution in [2.24, 2.45) is 10.6 Å². The predicted molar refractivity (Wildman–Crippen MR) is 60.0 cm³/mol. The normalized spacial score (nSPS) is 14.1. The van der Waals surface area contributed by atoms with Gasteiger partial charge >= 0.3 is 6.17 Å². The van der Waals surface area contributed by atoms with Crippen molar-refractivity contribution >= 4 is 0 Å². The molecule has 19 heavy (non-hydrogen) atoms. The summed E-state index contributed by atoms with van der Waals surface area (Å²) in [7, 11) is 2.29. The van der Waals surface area contributed by atoms with Gasteiger partial charge in [-0.15, -0.1) is 0 Å². The Bertz CT molecular complexity index is 460. The zero-order valence-corrected chi connectivity index (χ0v) is 10.4. The van der Waals surface area contributed by atoms with Gasteiger partial charge in [0.2, 0.25) is 10.6 Å². The molecule has 0 radical (unpaired) electrons. The van der Waals surface area contributed by atoms with Gasteiger partial charge in [0, 0.05) is 15.3 Å². The number of rotatable bonds is 6. The van der Waals surface area contributed by atoms with Crippen molar-refractivity contribution in [3.8, 4) is 0 Å². The average Bonchev–Trinajstić information content (AvgIpc) is 2.38. The number of hydrogen-bond acceptors (Lipinski definition) is 6. The lowest BCUT2D eigenvalue weighted by atomic mass is 10.1. The maximum Gasteiger partial charge on any atom is 0.420 e. The summed E-state index contributed by atoms with van der Waals surface area (Å²) in [5, 5.41) is 29.1. The summed E-state index contributed by atoms with van der Waals surface area (Å²) in [4.78, 5) is 8.53. The summed E-state index contributed by atoms with van der Waals surface area (Å²) in [6, 6.07) is 5.75. The van der Waals surface area contributed by atoms with Crippen LogP contribution in [0.15, 0.2) is 34.8 Å². The van der Waals surface area contributed by atoms with Crippen LogP contribution in [0.5, 0.6) is 0 Å². The van der Waals surface area contributed by atoms with Gasteiger partial charge in [0.25, 0.3) is 0 Å². The molecule has 0 saturated heterocycles. The van der Waals surface area contributed by atoms with Crippen LogP contribution in [0, 0.1) is 16.2 Å². The van der Waals surface area contributed by atoms with Gasteiger partial charge in [-0.2, -0.15) is 0 Å². The van der Waals surface area contributed by atoms with Gasteiger partial charge in [0.1, 0.15) is 26.5 Å². The Hall–Kier alpha value is -2.45. The monoisotopic (exact) mass is 272 g/mol. The van der Waals surface area contributed by atoms with Gasteiger partial charge in [0.05, 0.1) is 0 Å². The van der Waals surface area contributed by atoms with E-state index in [0.717, 1.165) is 14.2 Å².